The van der Waals surface area contributed by atoms with Crippen LogP contribution in [0.3, 0.4) is 0 Å². The van der Waals surface area contributed by atoms with E-state index in [9.17, 15) is 4.79 Å². The summed E-state index contributed by atoms with van der Waals surface area (Å²) in [5, 5.41) is 5.46. The predicted molar refractivity (Wildman–Crippen MR) is 133 cm³/mol. The second-order valence-electron chi connectivity index (χ2n) is 6.97. The molecule has 1 N–H and O–H groups in total. The van der Waals surface area contributed by atoms with Crippen LogP contribution in [0, 0.1) is 0 Å². The van der Waals surface area contributed by atoms with Gasteiger partial charge in [0.15, 0.2) is 5.16 Å². The summed E-state index contributed by atoms with van der Waals surface area (Å²) in [4.78, 5) is 17.0. The highest BCUT2D eigenvalue weighted by atomic mass is 35.5. The van der Waals surface area contributed by atoms with Gasteiger partial charge in [0.25, 0.3) is 5.91 Å². The van der Waals surface area contributed by atoms with Gasteiger partial charge in [-0.3, -0.25) is 4.79 Å². The number of hydrogen-bond donors (Lipinski definition) is 1. The van der Waals surface area contributed by atoms with E-state index in [1.165, 1.54) is 11.8 Å². The smallest absolute Gasteiger partial charge is 0.250 e. The number of imidazole rings is 1. The fourth-order valence-corrected chi connectivity index (χ4v) is 4.05. The number of hydrazone groups is 1. The molecule has 0 fully saturated rings. The summed E-state index contributed by atoms with van der Waals surface area (Å²) < 4.78 is 2.11. The Hall–Kier alpha value is -3.35. The Morgan fingerprint density at radius 2 is 1.78 bits per heavy atom. The normalized spacial score (nSPS) is 11.5. The number of carbonyl (C=O) groups excluding carboxylic acids is 1. The van der Waals surface area contributed by atoms with E-state index >= 15 is 0 Å². The molecule has 0 aliphatic carbocycles. The van der Waals surface area contributed by atoms with Crippen LogP contribution in [0.15, 0.2) is 95.2 Å². The molecular weight excluding hydrogens is 440 g/mol. The molecule has 1 amide bonds. The van der Waals surface area contributed by atoms with Crippen molar-refractivity contribution in [2.24, 2.45) is 5.10 Å². The molecule has 5 nitrogen and oxygen atoms in total. The zero-order valence-corrected chi connectivity index (χ0v) is 18.8. The second kappa shape index (κ2) is 10.8. The van der Waals surface area contributed by atoms with Crippen molar-refractivity contribution < 1.29 is 4.79 Å². The molecule has 32 heavy (non-hydrogen) atoms. The number of carbonyl (C=O) groups is 1. The second-order valence-corrected chi connectivity index (χ2v) is 8.35. The summed E-state index contributed by atoms with van der Waals surface area (Å²) >= 11 is 7.40. The van der Waals surface area contributed by atoms with Gasteiger partial charge in [-0.25, -0.2) is 10.4 Å². The van der Waals surface area contributed by atoms with Crippen molar-refractivity contribution in [2.45, 2.75) is 11.7 Å². The van der Waals surface area contributed by atoms with Crippen molar-refractivity contribution in [3.8, 4) is 0 Å². The SMILES string of the molecule is O=C(CSc1nc2ccccc2n1Cc1ccc(Cl)cc1)NN=CC=Cc1ccccc1. The molecule has 4 rings (SSSR count). The third kappa shape index (κ3) is 5.87. The van der Waals surface area contributed by atoms with E-state index in [2.05, 4.69) is 15.1 Å². The maximum absolute atomic E-state index is 12.3. The summed E-state index contributed by atoms with van der Waals surface area (Å²) in [6.45, 7) is 0.643. The summed E-state index contributed by atoms with van der Waals surface area (Å²) in [7, 11) is 0. The van der Waals surface area contributed by atoms with Crippen LogP contribution in [0.25, 0.3) is 17.1 Å². The monoisotopic (exact) mass is 460 g/mol. The van der Waals surface area contributed by atoms with Gasteiger partial charge in [0, 0.05) is 11.2 Å². The molecule has 7 heteroatoms. The number of para-hydroxylation sites is 2. The van der Waals surface area contributed by atoms with Crippen molar-refractivity contribution in [1.82, 2.24) is 15.0 Å². The number of benzene rings is 3. The van der Waals surface area contributed by atoms with Crippen LogP contribution in [-0.2, 0) is 11.3 Å². The minimum Gasteiger partial charge on any atom is -0.314 e. The van der Waals surface area contributed by atoms with Gasteiger partial charge in [-0.1, -0.05) is 84.0 Å². The highest BCUT2D eigenvalue weighted by molar-refractivity contribution is 7.99. The first-order valence-electron chi connectivity index (χ1n) is 10.1. The van der Waals surface area contributed by atoms with Gasteiger partial charge in [0.2, 0.25) is 0 Å². The molecule has 0 radical (unpaired) electrons. The summed E-state index contributed by atoms with van der Waals surface area (Å²) in [6, 6.07) is 25.6. The Balaban J connectivity index is 1.39. The minimum absolute atomic E-state index is 0.190. The van der Waals surface area contributed by atoms with Crippen molar-refractivity contribution in [3.63, 3.8) is 0 Å². The molecule has 0 saturated heterocycles. The van der Waals surface area contributed by atoms with Crippen molar-refractivity contribution in [2.75, 3.05) is 5.75 Å². The zero-order valence-electron chi connectivity index (χ0n) is 17.2. The Morgan fingerprint density at radius 1 is 1.03 bits per heavy atom. The Kier molecular flexibility index (Phi) is 7.38. The van der Waals surface area contributed by atoms with Gasteiger partial charge in [-0.15, -0.1) is 0 Å². The van der Waals surface area contributed by atoms with E-state index in [4.69, 9.17) is 16.6 Å². The number of rotatable bonds is 8. The van der Waals surface area contributed by atoms with E-state index in [0.717, 1.165) is 27.3 Å². The van der Waals surface area contributed by atoms with Gasteiger partial charge in [-0.05, 0) is 41.5 Å². The summed E-state index contributed by atoms with van der Waals surface area (Å²) in [5.41, 5.74) is 6.65. The predicted octanol–water partition coefficient (Wildman–Crippen LogP) is 5.65. The molecule has 3 aromatic carbocycles. The van der Waals surface area contributed by atoms with Crippen LogP contribution in [0.4, 0.5) is 0 Å². The zero-order chi connectivity index (χ0) is 22.2. The van der Waals surface area contributed by atoms with E-state index in [1.54, 1.807) is 12.3 Å². The number of allylic oxidation sites excluding steroid dienone is 1. The molecular formula is C25H21ClN4OS. The average Bonchev–Trinajstić information content (AvgIpc) is 3.17. The molecule has 0 saturated carbocycles. The lowest BCUT2D eigenvalue weighted by atomic mass is 10.2. The van der Waals surface area contributed by atoms with Crippen LogP contribution >= 0.6 is 23.4 Å². The van der Waals surface area contributed by atoms with Crippen molar-refractivity contribution in [1.29, 1.82) is 0 Å². The molecule has 0 atom stereocenters. The van der Waals surface area contributed by atoms with Crippen LogP contribution in [0.5, 0.6) is 0 Å². The molecule has 0 bridgehead atoms. The average molecular weight is 461 g/mol. The number of nitrogens with zero attached hydrogens (tertiary/aromatic N) is 3. The third-order valence-electron chi connectivity index (χ3n) is 4.64. The maximum Gasteiger partial charge on any atom is 0.250 e. The number of amides is 1. The molecule has 1 aromatic heterocycles. The van der Waals surface area contributed by atoms with Crippen LogP contribution in [0.1, 0.15) is 11.1 Å². The van der Waals surface area contributed by atoms with Crippen LogP contribution in [0.2, 0.25) is 5.02 Å². The van der Waals surface area contributed by atoms with Gasteiger partial charge in [-0.2, -0.15) is 5.10 Å². The van der Waals surface area contributed by atoms with E-state index < -0.39 is 0 Å². The Bertz CT molecular complexity index is 1250. The largest absolute Gasteiger partial charge is 0.314 e. The highest BCUT2D eigenvalue weighted by Crippen LogP contribution is 2.25. The number of halogens is 1. The van der Waals surface area contributed by atoms with Crippen LogP contribution < -0.4 is 5.43 Å². The van der Waals surface area contributed by atoms with Gasteiger partial charge in [0.1, 0.15) is 0 Å². The molecule has 0 aliphatic heterocycles. The lowest BCUT2D eigenvalue weighted by Crippen LogP contribution is -2.19. The molecule has 0 spiro atoms. The van der Waals surface area contributed by atoms with Crippen LogP contribution in [-0.4, -0.2) is 27.4 Å². The number of thioether (sulfide) groups is 1. The van der Waals surface area contributed by atoms with E-state index in [0.29, 0.717) is 11.6 Å². The van der Waals surface area contributed by atoms with Gasteiger partial charge < -0.3 is 4.57 Å². The molecule has 0 aliphatic rings. The highest BCUT2D eigenvalue weighted by Gasteiger charge is 2.13. The quantitative estimate of drug-likeness (QED) is 0.210. The van der Waals surface area contributed by atoms with Gasteiger partial charge in [0.05, 0.1) is 23.3 Å². The lowest BCUT2D eigenvalue weighted by molar-refractivity contribution is -0.118. The molecule has 0 unspecified atom stereocenters. The maximum atomic E-state index is 12.3. The standard InChI is InChI=1S/C25H21ClN4OS/c26-21-14-12-20(13-15-21)17-30-23-11-5-4-10-22(23)28-25(30)32-18-24(31)29-27-16-6-9-19-7-2-1-3-8-19/h1-16H,17-18H2,(H,29,31). The lowest BCUT2D eigenvalue weighted by Gasteiger charge is -2.09. The molecule has 1 heterocycles. The number of fused-ring (bicyclic) bond motifs is 1. The Morgan fingerprint density at radius 3 is 2.59 bits per heavy atom. The first kappa shape index (κ1) is 21.9. The Labute approximate surface area is 195 Å². The third-order valence-corrected chi connectivity index (χ3v) is 5.87. The first-order chi connectivity index (χ1) is 15.7. The number of aromatic nitrogens is 2. The molecule has 160 valence electrons. The minimum atomic E-state index is -0.190. The first-order valence-corrected chi connectivity index (χ1v) is 11.4. The fraction of sp³-hybridized carbons (Fsp3) is 0.0800. The topological polar surface area (TPSA) is 59.3 Å². The number of nitrogens with one attached hydrogen (secondary N) is 1. The van der Waals surface area contributed by atoms with Crippen molar-refractivity contribution >= 4 is 52.6 Å². The number of hydrogen-bond acceptors (Lipinski definition) is 4. The van der Waals surface area contributed by atoms with E-state index in [1.807, 2.05) is 84.9 Å². The molecule has 4 aromatic rings. The summed E-state index contributed by atoms with van der Waals surface area (Å²) in [6.07, 6.45) is 5.27. The fourth-order valence-electron chi connectivity index (χ4n) is 3.12. The van der Waals surface area contributed by atoms with Gasteiger partial charge >= 0.3 is 0 Å². The van der Waals surface area contributed by atoms with E-state index in [-0.39, 0.29) is 11.7 Å². The summed E-state index contributed by atoms with van der Waals surface area (Å²) in [5.74, 6) is 0.0217. The van der Waals surface area contributed by atoms with Crippen molar-refractivity contribution in [3.05, 3.63) is 101 Å².